The molecule has 24 heavy (non-hydrogen) atoms. The Bertz CT molecular complexity index is 812. The lowest BCUT2D eigenvalue weighted by Gasteiger charge is -2.27. The van der Waals surface area contributed by atoms with Gasteiger partial charge in [0, 0.05) is 4.47 Å². The minimum absolute atomic E-state index is 0.0585. The maximum Gasteiger partial charge on any atom is 0.267 e. The Morgan fingerprint density at radius 1 is 1.29 bits per heavy atom. The number of rotatable bonds is 2. The largest absolute Gasteiger partial charge is 0.302 e. The number of benzene rings is 2. The predicted molar refractivity (Wildman–Crippen MR) is 88.0 cm³/mol. The molecule has 1 aliphatic heterocycles. The maximum atomic E-state index is 14.0. The van der Waals surface area contributed by atoms with Crippen molar-refractivity contribution in [2.75, 3.05) is 6.54 Å². The summed E-state index contributed by atoms with van der Waals surface area (Å²) in [5, 5.41) is 10.5. The fraction of sp³-hybridized carbons (Fsp3) is 0.125. The van der Waals surface area contributed by atoms with Crippen molar-refractivity contribution in [3.63, 3.8) is 0 Å². The average Bonchev–Trinajstić information content (AvgIpc) is 2.82. The highest BCUT2D eigenvalue weighted by molar-refractivity contribution is 9.10. The second kappa shape index (κ2) is 6.51. The number of hydroxylamine groups is 2. The van der Waals surface area contributed by atoms with Crippen LogP contribution < -0.4 is 0 Å². The van der Waals surface area contributed by atoms with Gasteiger partial charge in [-0.25, -0.2) is 4.39 Å². The molecule has 1 atom stereocenters. The molecule has 8 heteroatoms. The number of amides is 2. The SMILES string of the molecule is O=C1CN(C(=O)c2c(F)cccc2Cl)C(c2cccc(Br)c2)N1O. The quantitative estimate of drug-likeness (QED) is 0.765. The van der Waals surface area contributed by atoms with E-state index in [9.17, 15) is 19.2 Å². The van der Waals surface area contributed by atoms with Gasteiger partial charge in [0.25, 0.3) is 11.8 Å². The molecule has 5 nitrogen and oxygen atoms in total. The number of hydrogen-bond acceptors (Lipinski definition) is 3. The molecule has 3 rings (SSSR count). The Morgan fingerprint density at radius 3 is 2.67 bits per heavy atom. The van der Waals surface area contributed by atoms with Crippen LogP contribution in [-0.4, -0.2) is 33.5 Å². The minimum Gasteiger partial charge on any atom is -0.302 e. The molecular weight excluding hydrogens is 403 g/mol. The smallest absolute Gasteiger partial charge is 0.267 e. The highest BCUT2D eigenvalue weighted by Crippen LogP contribution is 2.33. The van der Waals surface area contributed by atoms with E-state index in [1.807, 2.05) is 0 Å². The fourth-order valence-corrected chi connectivity index (χ4v) is 3.25. The number of halogens is 3. The Balaban J connectivity index is 2.05. The van der Waals surface area contributed by atoms with Crippen molar-refractivity contribution >= 4 is 39.3 Å². The number of carbonyl (C=O) groups is 2. The summed E-state index contributed by atoms with van der Waals surface area (Å²) < 4.78 is 14.8. The summed E-state index contributed by atoms with van der Waals surface area (Å²) in [5.74, 6) is -2.22. The van der Waals surface area contributed by atoms with Crippen LogP contribution in [0.3, 0.4) is 0 Å². The molecule has 2 aromatic carbocycles. The Hall–Kier alpha value is -1.96. The molecule has 2 aromatic rings. The van der Waals surface area contributed by atoms with E-state index in [2.05, 4.69) is 15.9 Å². The van der Waals surface area contributed by atoms with Crippen LogP contribution in [0.2, 0.25) is 5.02 Å². The van der Waals surface area contributed by atoms with Gasteiger partial charge in [-0.2, -0.15) is 5.06 Å². The minimum atomic E-state index is -1.06. The van der Waals surface area contributed by atoms with Crippen molar-refractivity contribution in [2.24, 2.45) is 0 Å². The first-order chi connectivity index (χ1) is 11.4. The lowest BCUT2D eigenvalue weighted by Crippen LogP contribution is -2.35. The van der Waals surface area contributed by atoms with Gasteiger partial charge in [0.15, 0.2) is 6.17 Å². The van der Waals surface area contributed by atoms with Gasteiger partial charge >= 0.3 is 0 Å². The van der Waals surface area contributed by atoms with Crippen molar-refractivity contribution in [1.29, 1.82) is 0 Å². The summed E-state index contributed by atoms with van der Waals surface area (Å²) in [5.41, 5.74) is 0.167. The van der Waals surface area contributed by atoms with Crippen LogP contribution in [-0.2, 0) is 4.79 Å². The van der Waals surface area contributed by atoms with E-state index < -0.39 is 23.8 Å². The van der Waals surface area contributed by atoms with E-state index in [-0.39, 0.29) is 17.1 Å². The van der Waals surface area contributed by atoms with Crippen LogP contribution in [0.5, 0.6) is 0 Å². The van der Waals surface area contributed by atoms with Gasteiger partial charge in [0.2, 0.25) is 0 Å². The fourth-order valence-electron chi connectivity index (χ4n) is 2.59. The molecule has 0 aliphatic carbocycles. The molecule has 0 saturated carbocycles. The number of nitrogens with zero attached hydrogens (tertiary/aromatic N) is 2. The zero-order valence-electron chi connectivity index (χ0n) is 12.1. The second-order valence-corrected chi connectivity index (χ2v) is 6.52. The number of carbonyl (C=O) groups excluding carboxylic acids is 2. The van der Waals surface area contributed by atoms with E-state index >= 15 is 0 Å². The van der Waals surface area contributed by atoms with Gasteiger partial charge in [-0.1, -0.05) is 45.7 Å². The lowest BCUT2D eigenvalue weighted by molar-refractivity contribution is -0.168. The first kappa shape index (κ1) is 16.9. The van der Waals surface area contributed by atoms with Gasteiger partial charge in [0.05, 0.1) is 10.6 Å². The molecule has 0 spiro atoms. The van der Waals surface area contributed by atoms with Crippen LogP contribution in [0.15, 0.2) is 46.9 Å². The third-order valence-electron chi connectivity index (χ3n) is 3.67. The molecule has 0 bridgehead atoms. The van der Waals surface area contributed by atoms with Gasteiger partial charge in [-0.3, -0.25) is 14.8 Å². The molecule has 2 amide bonds. The standard InChI is InChI=1S/C16H11BrClFN2O3/c17-10-4-1-3-9(7-10)15-20(8-13(22)21(15)24)16(23)14-11(18)5-2-6-12(14)19/h1-7,15,24H,8H2. The summed E-state index contributed by atoms with van der Waals surface area (Å²) in [6, 6.07) is 10.7. The van der Waals surface area contributed by atoms with E-state index in [4.69, 9.17) is 11.6 Å². The molecule has 1 saturated heterocycles. The molecule has 0 radical (unpaired) electrons. The van der Waals surface area contributed by atoms with Crippen molar-refractivity contribution in [3.05, 3.63) is 68.9 Å². The molecule has 1 unspecified atom stereocenters. The molecule has 124 valence electrons. The highest BCUT2D eigenvalue weighted by Gasteiger charge is 2.42. The van der Waals surface area contributed by atoms with Crippen molar-refractivity contribution in [2.45, 2.75) is 6.17 Å². The van der Waals surface area contributed by atoms with Gasteiger partial charge in [0.1, 0.15) is 12.4 Å². The van der Waals surface area contributed by atoms with Gasteiger partial charge in [-0.15, -0.1) is 0 Å². The van der Waals surface area contributed by atoms with Crippen LogP contribution in [0.1, 0.15) is 22.1 Å². The Morgan fingerprint density at radius 2 is 2.00 bits per heavy atom. The summed E-state index contributed by atoms with van der Waals surface area (Å²) in [4.78, 5) is 25.7. The number of hydrogen-bond donors (Lipinski definition) is 1. The van der Waals surface area contributed by atoms with Gasteiger partial charge in [-0.05, 0) is 29.8 Å². The summed E-state index contributed by atoms with van der Waals surface area (Å²) in [7, 11) is 0. The Labute approximate surface area is 150 Å². The monoisotopic (exact) mass is 412 g/mol. The molecule has 1 heterocycles. The molecular formula is C16H11BrClFN2O3. The lowest BCUT2D eigenvalue weighted by atomic mass is 10.1. The zero-order valence-corrected chi connectivity index (χ0v) is 14.5. The third kappa shape index (κ3) is 2.90. The van der Waals surface area contributed by atoms with Crippen molar-refractivity contribution in [3.8, 4) is 0 Å². The van der Waals surface area contributed by atoms with E-state index in [1.165, 1.54) is 12.1 Å². The maximum absolute atomic E-state index is 14.0. The average molecular weight is 414 g/mol. The first-order valence-electron chi connectivity index (χ1n) is 6.91. The van der Waals surface area contributed by atoms with Crippen LogP contribution >= 0.6 is 27.5 Å². The van der Waals surface area contributed by atoms with E-state index in [0.29, 0.717) is 15.1 Å². The first-order valence-corrected chi connectivity index (χ1v) is 8.08. The second-order valence-electron chi connectivity index (χ2n) is 5.20. The van der Waals surface area contributed by atoms with Crippen LogP contribution in [0.25, 0.3) is 0 Å². The molecule has 0 aromatic heterocycles. The molecule has 1 aliphatic rings. The van der Waals surface area contributed by atoms with Crippen molar-refractivity contribution < 1.29 is 19.2 Å². The van der Waals surface area contributed by atoms with Gasteiger partial charge < -0.3 is 4.90 Å². The molecule has 1 fully saturated rings. The van der Waals surface area contributed by atoms with Crippen molar-refractivity contribution in [1.82, 2.24) is 9.96 Å². The molecule has 1 N–H and O–H groups in total. The van der Waals surface area contributed by atoms with Crippen LogP contribution in [0, 0.1) is 5.82 Å². The summed E-state index contributed by atoms with van der Waals surface area (Å²) in [6.07, 6.45) is -1.06. The van der Waals surface area contributed by atoms with Crippen LogP contribution in [0.4, 0.5) is 4.39 Å². The normalized spacial score (nSPS) is 17.5. The Kier molecular flexibility index (Phi) is 4.58. The predicted octanol–water partition coefficient (Wildman–Crippen LogP) is 3.61. The topological polar surface area (TPSA) is 60.9 Å². The summed E-state index contributed by atoms with van der Waals surface area (Å²) >= 11 is 9.24. The van der Waals surface area contributed by atoms with E-state index in [0.717, 1.165) is 11.0 Å². The zero-order chi connectivity index (χ0) is 17.4. The highest BCUT2D eigenvalue weighted by atomic mass is 79.9. The van der Waals surface area contributed by atoms with E-state index in [1.54, 1.807) is 24.3 Å². The summed E-state index contributed by atoms with van der Waals surface area (Å²) in [6.45, 7) is -0.378. The third-order valence-corrected chi connectivity index (χ3v) is 4.48.